The number of hydrogen-bond donors (Lipinski definition) is 1. The lowest BCUT2D eigenvalue weighted by molar-refractivity contribution is -0.122. The van der Waals surface area contributed by atoms with Gasteiger partial charge in [0.05, 0.1) is 25.7 Å². The highest BCUT2D eigenvalue weighted by Gasteiger charge is 2.27. The van der Waals surface area contributed by atoms with Gasteiger partial charge in [-0.25, -0.2) is 0 Å². The third-order valence-corrected chi connectivity index (χ3v) is 7.54. The molecular formula is C34H38N2O3. The molecule has 5 rings (SSSR count). The van der Waals surface area contributed by atoms with E-state index in [1.165, 1.54) is 21.9 Å². The predicted molar refractivity (Wildman–Crippen MR) is 157 cm³/mol. The molecule has 4 aromatic carbocycles. The summed E-state index contributed by atoms with van der Waals surface area (Å²) in [5.74, 6) is -0.208. The molecule has 4 aromatic rings. The fourth-order valence-electron chi connectivity index (χ4n) is 5.43. The lowest BCUT2D eigenvalue weighted by Gasteiger charge is -2.33. The molecule has 1 aliphatic rings. The van der Waals surface area contributed by atoms with Gasteiger partial charge < -0.3 is 14.8 Å². The molecule has 39 heavy (non-hydrogen) atoms. The van der Waals surface area contributed by atoms with Crippen LogP contribution in [0, 0.1) is 0 Å². The average Bonchev–Trinajstić information content (AvgIpc) is 2.97. The Morgan fingerprint density at radius 3 is 2.08 bits per heavy atom. The second kappa shape index (κ2) is 13.5. The maximum Gasteiger partial charge on any atom is 0.232 e. The number of methoxy groups -OCH3 is 1. The van der Waals surface area contributed by atoms with Crippen molar-refractivity contribution in [3.05, 3.63) is 119 Å². The highest BCUT2D eigenvalue weighted by atomic mass is 16.5. The third-order valence-electron chi connectivity index (χ3n) is 7.54. The van der Waals surface area contributed by atoms with Crippen molar-refractivity contribution in [1.82, 2.24) is 10.2 Å². The SMILES string of the molecule is COCCOCc1ccc2ccc(CN3CCC(NC(=O)C(c4ccccc4)c4ccccc4)CC3)cc2c1. The number of fused-ring (bicyclic) bond motifs is 1. The minimum atomic E-state index is -0.293. The number of nitrogens with one attached hydrogen (secondary N) is 1. The Bertz CT molecular complexity index is 1300. The molecule has 1 saturated heterocycles. The van der Waals surface area contributed by atoms with E-state index in [0.29, 0.717) is 19.8 Å². The number of amides is 1. The number of benzene rings is 4. The molecule has 0 unspecified atom stereocenters. The maximum atomic E-state index is 13.5. The predicted octanol–water partition coefficient (Wildman–Crippen LogP) is 5.92. The number of rotatable bonds is 11. The van der Waals surface area contributed by atoms with Crippen LogP contribution in [-0.4, -0.2) is 50.3 Å². The quantitative estimate of drug-likeness (QED) is 0.249. The van der Waals surface area contributed by atoms with Gasteiger partial charge in [0.2, 0.25) is 5.91 Å². The highest BCUT2D eigenvalue weighted by molar-refractivity contribution is 5.87. The summed E-state index contributed by atoms with van der Waals surface area (Å²) in [5, 5.41) is 5.86. The zero-order valence-electron chi connectivity index (χ0n) is 22.7. The first-order valence-corrected chi connectivity index (χ1v) is 13.9. The third kappa shape index (κ3) is 7.33. The van der Waals surface area contributed by atoms with E-state index in [-0.39, 0.29) is 17.9 Å². The Balaban J connectivity index is 1.17. The summed E-state index contributed by atoms with van der Waals surface area (Å²) in [5.41, 5.74) is 4.55. The lowest BCUT2D eigenvalue weighted by Crippen LogP contribution is -2.45. The molecule has 0 saturated carbocycles. The van der Waals surface area contributed by atoms with Crippen molar-refractivity contribution in [1.29, 1.82) is 0 Å². The maximum absolute atomic E-state index is 13.5. The summed E-state index contributed by atoms with van der Waals surface area (Å²) in [7, 11) is 1.69. The Labute approximate surface area is 231 Å². The smallest absolute Gasteiger partial charge is 0.232 e. The molecule has 0 spiro atoms. The molecule has 1 heterocycles. The molecule has 0 bridgehead atoms. The standard InChI is InChI=1S/C34H38N2O3/c1-38-20-21-39-25-27-13-15-28-14-12-26(22-31(28)23-27)24-36-18-16-32(17-19-36)35-34(37)33(29-8-4-2-5-9-29)30-10-6-3-7-11-30/h2-15,22-23,32-33H,16-21,24-25H2,1H3,(H,35,37). The first-order valence-electron chi connectivity index (χ1n) is 13.9. The monoisotopic (exact) mass is 522 g/mol. The normalized spacial score (nSPS) is 14.6. The number of ether oxygens (including phenoxy) is 2. The molecule has 0 aliphatic carbocycles. The first kappa shape index (κ1) is 27.1. The molecule has 0 aromatic heterocycles. The summed E-state index contributed by atoms with van der Waals surface area (Å²) in [6.07, 6.45) is 1.91. The van der Waals surface area contributed by atoms with Crippen LogP contribution in [0.2, 0.25) is 0 Å². The zero-order valence-corrected chi connectivity index (χ0v) is 22.7. The second-order valence-corrected chi connectivity index (χ2v) is 10.4. The van der Waals surface area contributed by atoms with Crippen LogP contribution < -0.4 is 5.32 Å². The van der Waals surface area contributed by atoms with Crippen molar-refractivity contribution in [3.63, 3.8) is 0 Å². The van der Waals surface area contributed by atoms with Crippen LogP contribution in [0.5, 0.6) is 0 Å². The number of piperidine rings is 1. The summed E-state index contributed by atoms with van der Waals surface area (Å²) in [6, 6.07) is 33.6. The largest absolute Gasteiger partial charge is 0.382 e. The van der Waals surface area contributed by atoms with Crippen molar-refractivity contribution >= 4 is 16.7 Å². The van der Waals surface area contributed by atoms with E-state index in [1.54, 1.807) is 7.11 Å². The fraction of sp³-hybridized carbons (Fsp3) is 0.324. The second-order valence-electron chi connectivity index (χ2n) is 10.4. The Morgan fingerprint density at radius 1 is 0.821 bits per heavy atom. The molecule has 1 aliphatic heterocycles. The van der Waals surface area contributed by atoms with E-state index >= 15 is 0 Å². The van der Waals surface area contributed by atoms with Gasteiger partial charge in [-0.1, -0.05) is 84.9 Å². The van der Waals surface area contributed by atoms with Gasteiger partial charge in [0, 0.05) is 32.8 Å². The van der Waals surface area contributed by atoms with E-state index in [0.717, 1.165) is 43.6 Å². The number of likely N-dealkylation sites (tertiary alicyclic amines) is 1. The molecule has 5 heteroatoms. The molecule has 0 radical (unpaired) electrons. The van der Waals surface area contributed by atoms with Crippen molar-refractivity contribution in [3.8, 4) is 0 Å². The molecule has 1 amide bonds. The van der Waals surface area contributed by atoms with Gasteiger partial charge in [0.15, 0.2) is 0 Å². The number of carbonyl (C=O) groups excluding carboxylic acids is 1. The fourth-order valence-corrected chi connectivity index (χ4v) is 5.43. The number of carbonyl (C=O) groups is 1. The van der Waals surface area contributed by atoms with Crippen molar-refractivity contribution < 1.29 is 14.3 Å². The van der Waals surface area contributed by atoms with Crippen LogP contribution in [0.1, 0.15) is 41.0 Å². The minimum absolute atomic E-state index is 0.0855. The minimum Gasteiger partial charge on any atom is -0.382 e. The van der Waals surface area contributed by atoms with Crippen molar-refractivity contribution in [2.24, 2.45) is 0 Å². The van der Waals surface area contributed by atoms with Gasteiger partial charge in [-0.2, -0.15) is 0 Å². The van der Waals surface area contributed by atoms with Crippen LogP contribution in [0.25, 0.3) is 10.8 Å². The molecule has 1 N–H and O–H groups in total. The summed E-state index contributed by atoms with van der Waals surface area (Å²) in [4.78, 5) is 16.0. The average molecular weight is 523 g/mol. The van der Waals surface area contributed by atoms with Crippen LogP contribution in [0.3, 0.4) is 0 Å². The molecule has 5 nitrogen and oxygen atoms in total. The zero-order chi connectivity index (χ0) is 26.9. The van der Waals surface area contributed by atoms with Crippen molar-refractivity contribution in [2.45, 2.75) is 38.0 Å². The van der Waals surface area contributed by atoms with Gasteiger partial charge in [-0.05, 0) is 58.0 Å². The van der Waals surface area contributed by atoms with Gasteiger partial charge in [-0.3, -0.25) is 9.69 Å². The van der Waals surface area contributed by atoms with Crippen LogP contribution in [-0.2, 0) is 27.4 Å². The molecule has 202 valence electrons. The topological polar surface area (TPSA) is 50.8 Å². The van der Waals surface area contributed by atoms with Crippen LogP contribution in [0.4, 0.5) is 0 Å². The summed E-state index contributed by atoms with van der Waals surface area (Å²) in [6.45, 7) is 4.66. The number of hydrogen-bond acceptors (Lipinski definition) is 4. The van der Waals surface area contributed by atoms with E-state index in [1.807, 2.05) is 60.7 Å². The first-order chi connectivity index (χ1) is 19.2. The van der Waals surface area contributed by atoms with E-state index in [4.69, 9.17) is 9.47 Å². The lowest BCUT2D eigenvalue weighted by atomic mass is 9.90. The van der Waals surface area contributed by atoms with Gasteiger partial charge in [-0.15, -0.1) is 0 Å². The van der Waals surface area contributed by atoms with Gasteiger partial charge >= 0.3 is 0 Å². The van der Waals surface area contributed by atoms with Crippen molar-refractivity contribution in [2.75, 3.05) is 33.4 Å². The van der Waals surface area contributed by atoms with Crippen LogP contribution >= 0.6 is 0 Å². The molecule has 1 fully saturated rings. The van der Waals surface area contributed by atoms with Crippen LogP contribution in [0.15, 0.2) is 97.1 Å². The van der Waals surface area contributed by atoms with E-state index in [9.17, 15) is 4.79 Å². The van der Waals surface area contributed by atoms with E-state index in [2.05, 4.69) is 46.6 Å². The Morgan fingerprint density at radius 2 is 1.44 bits per heavy atom. The summed E-state index contributed by atoms with van der Waals surface area (Å²) < 4.78 is 10.8. The Kier molecular flexibility index (Phi) is 9.38. The van der Waals surface area contributed by atoms with E-state index < -0.39 is 0 Å². The Hall–Kier alpha value is -3.51. The van der Waals surface area contributed by atoms with Gasteiger partial charge in [0.25, 0.3) is 0 Å². The highest BCUT2D eigenvalue weighted by Crippen LogP contribution is 2.26. The van der Waals surface area contributed by atoms with Gasteiger partial charge in [0.1, 0.15) is 0 Å². The number of nitrogens with zero attached hydrogens (tertiary/aromatic N) is 1. The molecule has 0 atom stereocenters. The summed E-state index contributed by atoms with van der Waals surface area (Å²) >= 11 is 0. The molecular weight excluding hydrogens is 484 g/mol.